The molecule has 35 heavy (non-hydrogen) atoms. The minimum atomic E-state index is -1.27. The van der Waals surface area contributed by atoms with Crippen LogP contribution in [0.5, 0.6) is 5.75 Å². The molecule has 0 saturated carbocycles. The van der Waals surface area contributed by atoms with Gasteiger partial charge in [0, 0.05) is 43.1 Å². The first-order chi connectivity index (χ1) is 16.7. The number of carbonyl (C=O) groups excluding carboxylic acids is 1. The Kier molecular flexibility index (Phi) is 6.48. The Morgan fingerprint density at radius 3 is 2.60 bits per heavy atom. The highest BCUT2D eigenvalue weighted by Crippen LogP contribution is 2.41. The van der Waals surface area contributed by atoms with Crippen molar-refractivity contribution < 1.29 is 24.2 Å². The Balaban J connectivity index is 1.73. The van der Waals surface area contributed by atoms with E-state index in [9.17, 15) is 19.5 Å². The number of hydrogen-bond acceptors (Lipinski definition) is 7. The molecule has 9 nitrogen and oxygen atoms in total. The molecule has 1 N–H and O–H groups in total. The molecule has 2 aliphatic rings. The highest BCUT2D eigenvalue weighted by molar-refractivity contribution is 5.95. The fourth-order valence-corrected chi connectivity index (χ4v) is 4.49. The van der Waals surface area contributed by atoms with Gasteiger partial charge in [-0.2, -0.15) is 10.2 Å². The molecule has 0 radical (unpaired) electrons. The van der Waals surface area contributed by atoms with Crippen molar-refractivity contribution >= 4 is 11.9 Å². The van der Waals surface area contributed by atoms with Crippen molar-refractivity contribution in [3.05, 3.63) is 51.3 Å². The molecule has 0 fully saturated rings. The van der Waals surface area contributed by atoms with Crippen LogP contribution in [0.3, 0.4) is 0 Å². The van der Waals surface area contributed by atoms with Gasteiger partial charge in [-0.25, -0.2) is 9.59 Å². The van der Waals surface area contributed by atoms with E-state index < -0.39 is 23.0 Å². The van der Waals surface area contributed by atoms with E-state index in [1.807, 2.05) is 24.5 Å². The van der Waals surface area contributed by atoms with Gasteiger partial charge in [0.2, 0.25) is 0 Å². The van der Waals surface area contributed by atoms with Gasteiger partial charge in [-0.1, -0.05) is 13.8 Å². The number of hydrogen-bond donors (Lipinski definition) is 1. The lowest BCUT2D eigenvalue weighted by atomic mass is 9.86. The van der Waals surface area contributed by atoms with E-state index in [2.05, 4.69) is 16.1 Å². The first kappa shape index (κ1) is 24.2. The van der Waals surface area contributed by atoms with Gasteiger partial charge in [0.05, 0.1) is 19.4 Å². The molecule has 0 amide bonds. The number of esters is 1. The zero-order chi connectivity index (χ0) is 25.3. The fraction of sp³-hybridized carbons (Fsp3) is 0.423. The first-order valence-corrected chi connectivity index (χ1v) is 11.4. The Hall–Kier alpha value is -3.93. The lowest BCUT2D eigenvalue weighted by Crippen LogP contribution is -2.28. The molecule has 0 aliphatic carbocycles. The van der Waals surface area contributed by atoms with E-state index in [-0.39, 0.29) is 29.7 Å². The zero-order valence-electron chi connectivity index (χ0n) is 19.9. The molecule has 0 unspecified atom stereocenters. The predicted octanol–water partition coefficient (Wildman–Crippen LogP) is 4.10. The van der Waals surface area contributed by atoms with Gasteiger partial charge in [-0.05, 0) is 30.0 Å². The number of methoxy groups -OCH3 is 1. The molecule has 4 rings (SSSR count). The highest BCUT2D eigenvalue weighted by Gasteiger charge is 2.39. The molecule has 2 aromatic rings. The van der Waals surface area contributed by atoms with Crippen LogP contribution in [0.4, 0.5) is 0 Å². The van der Waals surface area contributed by atoms with Crippen LogP contribution in [-0.4, -0.2) is 41.0 Å². The second-order valence-corrected chi connectivity index (χ2v) is 9.15. The van der Waals surface area contributed by atoms with E-state index >= 15 is 0 Å². The average Bonchev–Trinajstić information content (AvgIpc) is 3.60. The van der Waals surface area contributed by atoms with Gasteiger partial charge >= 0.3 is 11.9 Å². The van der Waals surface area contributed by atoms with Crippen LogP contribution in [0, 0.1) is 18.3 Å². The number of nitrogens with zero attached hydrogens (tertiary/aromatic N) is 3. The normalized spacial score (nSPS) is 16.7. The number of pyridine rings is 1. The average molecular weight is 478 g/mol. The molecular weight excluding hydrogens is 450 g/mol. The monoisotopic (exact) mass is 477 g/mol. The molecule has 2 aliphatic heterocycles. The minimum Gasteiger partial charge on any atom is -0.493 e. The minimum absolute atomic E-state index is 0.0795. The van der Waals surface area contributed by atoms with Crippen molar-refractivity contribution in [3.63, 3.8) is 0 Å². The molecule has 1 aromatic carbocycles. The first-order valence-electron chi connectivity index (χ1n) is 11.4. The summed E-state index contributed by atoms with van der Waals surface area (Å²) in [5.74, 6) is 1.28. The standard InChI is InChI=1S/C26H27N3O6/c1-5-6-7-26(27-28-26)8-9-35-23-11-16-10-20(15(2)3)29-14-19(24(31)32)22(30)13-21(29)17(16)12-18(23)25(33)34-4/h1,11-15,20H,6-10H2,2-4H3,(H,31,32)/t20-/m0/s1. The zero-order valence-corrected chi connectivity index (χ0v) is 19.9. The third-order valence-corrected chi connectivity index (χ3v) is 6.57. The van der Waals surface area contributed by atoms with Crippen molar-refractivity contribution in [1.82, 2.24) is 4.57 Å². The van der Waals surface area contributed by atoms with Gasteiger partial charge in [0.15, 0.2) is 11.1 Å². The number of aromatic nitrogens is 1. The number of carboxylic acids is 1. The third kappa shape index (κ3) is 4.69. The van der Waals surface area contributed by atoms with Crippen LogP contribution < -0.4 is 10.2 Å². The molecule has 9 heteroatoms. The van der Waals surface area contributed by atoms with Gasteiger partial charge in [-0.3, -0.25) is 4.79 Å². The van der Waals surface area contributed by atoms with Gasteiger partial charge in [0.25, 0.3) is 0 Å². The predicted molar refractivity (Wildman–Crippen MR) is 128 cm³/mol. The largest absolute Gasteiger partial charge is 0.493 e. The van der Waals surface area contributed by atoms with Crippen molar-refractivity contribution in [1.29, 1.82) is 0 Å². The van der Waals surface area contributed by atoms with Gasteiger partial charge < -0.3 is 19.1 Å². The van der Waals surface area contributed by atoms with Crippen molar-refractivity contribution in [3.8, 4) is 29.4 Å². The molecule has 182 valence electrons. The number of benzene rings is 1. The number of terminal acetylenes is 1. The lowest BCUT2D eigenvalue weighted by molar-refractivity contribution is 0.0595. The Labute approximate surface area is 202 Å². The molecule has 3 heterocycles. The van der Waals surface area contributed by atoms with E-state index in [0.717, 1.165) is 5.56 Å². The fourth-order valence-electron chi connectivity index (χ4n) is 4.49. The van der Waals surface area contributed by atoms with Crippen molar-refractivity contribution in [2.24, 2.45) is 16.1 Å². The van der Waals surface area contributed by atoms with E-state index in [0.29, 0.717) is 42.7 Å². The number of fused-ring (bicyclic) bond motifs is 3. The summed E-state index contributed by atoms with van der Waals surface area (Å²) in [6.07, 6.45) is 9.09. The summed E-state index contributed by atoms with van der Waals surface area (Å²) in [5.41, 5.74) is 0.965. The maximum atomic E-state index is 12.6. The number of carboxylic acid groups (broad SMARTS) is 1. The number of aromatic carboxylic acids is 1. The Bertz CT molecular complexity index is 1310. The van der Waals surface area contributed by atoms with Crippen LogP contribution in [0.15, 0.2) is 39.4 Å². The van der Waals surface area contributed by atoms with E-state index in [1.165, 1.54) is 19.4 Å². The van der Waals surface area contributed by atoms with Gasteiger partial charge in [-0.15, -0.1) is 12.3 Å². The van der Waals surface area contributed by atoms with Crippen LogP contribution in [0.1, 0.15) is 65.4 Å². The molecular formula is C26H27N3O6. The maximum Gasteiger partial charge on any atom is 0.341 e. The molecule has 1 aromatic heterocycles. The number of rotatable bonds is 9. The highest BCUT2D eigenvalue weighted by atomic mass is 16.5. The number of ether oxygens (including phenoxy) is 2. The summed E-state index contributed by atoms with van der Waals surface area (Å²) in [5, 5.41) is 17.7. The van der Waals surface area contributed by atoms with Gasteiger partial charge in [0.1, 0.15) is 16.9 Å². The van der Waals surface area contributed by atoms with Crippen LogP contribution in [0.2, 0.25) is 0 Å². The second kappa shape index (κ2) is 9.37. The molecule has 0 spiro atoms. The van der Waals surface area contributed by atoms with E-state index in [4.69, 9.17) is 15.9 Å². The smallest absolute Gasteiger partial charge is 0.341 e. The summed E-state index contributed by atoms with van der Waals surface area (Å²) in [6.45, 7) is 4.36. The summed E-state index contributed by atoms with van der Waals surface area (Å²) < 4.78 is 12.8. The molecule has 1 atom stereocenters. The summed E-state index contributed by atoms with van der Waals surface area (Å²) in [7, 11) is 1.29. The van der Waals surface area contributed by atoms with Crippen LogP contribution in [-0.2, 0) is 11.2 Å². The Morgan fingerprint density at radius 2 is 2.00 bits per heavy atom. The quantitative estimate of drug-likeness (QED) is 0.429. The summed E-state index contributed by atoms with van der Waals surface area (Å²) in [4.78, 5) is 36.7. The molecule has 0 saturated heterocycles. The maximum absolute atomic E-state index is 12.6. The summed E-state index contributed by atoms with van der Waals surface area (Å²) >= 11 is 0. The topological polar surface area (TPSA) is 120 Å². The SMILES string of the molecule is C#CCCC1(CCOc2cc3c(cc2C(=O)OC)-c2cc(=O)c(C(=O)O)cn2[C@H](C(C)C)C3)N=N1. The lowest BCUT2D eigenvalue weighted by Gasteiger charge is -2.33. The third-order valence-electron chi connectivity index (χ3n) is 6.57. The molecule has 0 bridgehead atoms. The number of carbonyl (C=O) groups is 2. The van der Waals surface area contributed by atoms with Crippen LogP contribution in [0.25, 0.3) is 11.3 Å². The van der Waals surface area contributed by atoms with Crippen molar-refractivity contribution in [2.45, 2.75) is 51.2 Å². The summed E-state index contributed by atoms with van der Waals surface area (Å²) in [6, 6.07) is 4.71. The van der Waals surface area contributed by atoms with Crippen LogP contribution >= 0.6 is 0 Å². The van der Waals surface area contributed by atoms with Crippen molar-refractivity contribution in [2.75, 3.05) is 13.7 Å². The Morgan fingerprint density at radius 1 is 1.26 bits per heavy atom. The van der Waals surface area contributed by atoms with E-state index in [1.54, 1.807) is 6.07 Å². The second-order valence-electron chi connectivity index (χ2n) is 9.15.